The van der Waals surface area contributed by atoms with Crippen LogP contribution in [0.3, 0.4) is 0 Å². The fraction of sp³-hybridized carbons (Fsp3) is 0.933. The summed E-state index contributed by atoms with van der Waals surface area (Å²) >= 11 is 0. The van der Waals surface area contributed by atoms with Gasteiger partial charge in [-0.1, -0.05) is 26.2 Å². The van der Waals surface area contributed by atoms with Gasteiger partial charge in [0.05, 0.1) is 18.3 Å². The number of nitrogens with one attached hydrogen (secondary N) is 1. The Morgan fingerprint density at radius 2 is 1.76 bits per heavy atom. The zero-order chi connectivity index (χ0) is 15.5. The second-order valence-electron chi connectivity index (χ2n) is 6.57. The van der Waals surface area contributed by atoms with Crippen LogP contribution in [0.1, 0.15) is 58.3 Å². The molecular formula is C15H27NO4S. The third kappa shape index (κ3) is 4.19. The van der Waals surface area contributed by atoms with Gasteiger partial charge in [-0.2, -0.15) is 0 Å². The Bertz CT molecular complexity index is 462. The second kappa shape index (κ2) is 7.09. The molecular weight excluding hydrogens is 290 g/mol. The Hall–Kier alpha value is -0.620. The molecule has 0 bridgehead atoms. The minimum absolute atomic E-state index is 0.0267. The average molecular weight is 317 g/mol. The van der Waals surface area contributed by atoms with Crippen molar-refractivity contribution in [3.8, 4) is 0 Å². The summed E-state index contributed by atoms with van der Waals surface area (Å²) < 4.78 is 32.8. The van der Waals surface area contributed by atoms with Gasteiger partial charge in [-0.15, -0.1) is 0 Å². The first-order valence-corrected chi connectivity index (χ1v) is 9.57. The molecule has 0 aliphatic heterocycles. The molecule has 5 nitrogen and oxygen atoms in total. The molecule has 4 unspecified atom stereocenters. The highest BCUT2D eigenvalue weighted by Crippen LogP contribution is 2.32. The van der Waals surface area contributed by atoms with Gasteiger partial charge in [0.15, 0.2) is 0 Å². The quantitative estimate of drug-likeness (QED) is 0.637. The molecule has 0 saturated heterocycles. The fourth-order valence-corrected chi connectivity index (χ4v) is 5.67. The Balaban J connectivity index is 2.02. The molecule has 0 heterocycles. The maximum Gasteiger partial charge on any atom is 0.310 e. The van der Waals surface area contributed by atoms with E-state index in [0.717, 1.165) is 32.1 Å². The van der Waals surface area contributed by atoms with E-state index in [9.17, 15) is 13.2 Å². The van der Waals surface area contributed by atoms with Crippen LogP contribution in [0.4, 0.5) is 0 Å². The maximum atomic E-state index is 12.6. The van der Waals surface area contributed by atoms with Gasteiger partial charge in [0.1, 0.15) is 0 Å². The van der Waals surface area contributed by atoms with E-state index in [0.29, 0.717) is 18.8 Å². The summed E-state index contributed by atoms with van der Waals surface area (Å²) in [5.74, 6) is -0.219. The van der Waals surface area contributed by atoms with Gasteiger partial charge < -0.3 is 4.74 Å². The molecule has 0 aromatic carbocycles. The summed E-state index contributed by atoms with van der Waals surface area (Å²) in [7, 11) is -2.12. The van der Waals surface area contributed by atoms with E-state index in [2.05, 4.69) is 11.6 Å². The number of rotatable bonds is 4. The molecule has 2 aliphatic rings. The average Bonchev–Trinajstić information content (AvgIpc) is 2.86. The summed E-state index contributed by atoms with van der Waals surface area (Å²) in [5, 5.41) is -0.620. The van der Waals surface area contributed by atoms with E-state index >= 15 is 0 Å². The zero-order valence-electron chi connectivity index (χ0n) is 13.0. The highest BCUT2D eigenvalue weighted by atomic mass is 32.2. The number of ether oxygens (including phenoxy) is 1. The van der Waals surface area contributed by atoms with Gasteiger partial charge in [0, 0.05) is 6.04 Å². The zero-order valence-corrected chi connectivity index (χ0v) is 13.8. The van der Waals surface area contributed by atoms with Crippen LogP contribution >= 0.6 is 0 Å². The van der Waals surface area contributed by atoms with Crippen molar-refractivity contribution in [3.05, 3.63) is 0 Å². The van der Waals surface area contributed by atoms with Crippen molar-refractivity contribution >= 4 is 16.0 Å². The molecule has 2 rings (SSSR count). The van der Waals surface area contributed by atoms with Crippen molar-refractivity contribution in [2.75, 3.05) is 7.11 Å². The molecule has 2 saturated carbocycles. The predicted molar refractivity (Wildman–Crippen MR) is 81.2 cm³/mol. The Morgan fingerprint density at radius 1 is 1.05 bits per heavy atom. The minimum Gasteiger partial charge on any atom is -0.469 e. The lowest BCUT2D eigenvalue weighted by atomic mass is 10.0. The fourth-order valence-electron chi connectivity index (χ4n) is 3.64. The number of carbonyl (C=O) groups is 1. The molecule has 0 aromatic heterocycles. The molecule has 0 spiro atoms. The first-order valence-electron chi connectivity index (χ1n) is 8.03. The third-order valence-electron chi connectivity index (χ3n) is 4.94. The Labute approximate surface area is 127 Å². The normalized spacial score (nSPS) is 34.4. The largest absolute Gasteiger partial charge is 0.469 e. The van der Waals surface area contributed by atoms with Crippen molar-refractivity contribution in [3.63, 3.8) is 0 Å². The maximum absolute atomic E-state index is 12.6. The Morgan fingerprint density at radius 3 is 2.48 bits per heavy atom. The summed E-state index contributed by atoms with van der Waals surface area (Å²) in [6.07, 6.45) is 7.05. The molecule has 0 aromatic rings. The van der Waals surface area contributed by atoms with Gasteiger partial charge in [-0.05, 0) is 38.0 Å². The number of esters is 1. The molecule has 21 heavy (non-hydrogen) atoms. The predicted octanol–water partition coefficient (Wildman–Crippen LogP) is 2.22. The molecule has 0 amide bonds. The number of carbonyl (C=O) groups excluding carboxylic acids is 1. The first-order chi connectivity index (χ1) is 9.94. The monoisotopic (exact) mass is 317 g/mol. The standard InChI is InChI=1S/C15H27NO4S/c1-11-5-3-6-12(10-9-11)16-21(18,19)14-8-4-7-13(14)15(17)20-2/h11-14,16H,3-10H2,1-2H3. The minimum atomic E-state index is -3.45. The van der Waals surface area contributed by atoms with Gasteiger partial charge in [0.2, 0.25) is 10.0 Å². The Kier molecular flexibility index (Phi) is 5.66. The summed E-state index contributed by atoms with van der Waals surface area (Å²) in [5.41, 5.74) is 0. The van der Waals surface area contributed by atoms with Gasteiger partial charge in [-0.25, -0.2) is 13.1 Å². The number of sulfonamides is 1. The van der Waals surface area contributed by atoms with Crippen LogP contribution < -0.4 is 4.72 Å². The lowest BCUT2D eigenvalue weighted by molar-refractivity contribution is -0.145. The number of hydrogen-bond acceptors (Lipinski definition) is 4. The molecule has 2 fully saturated rings. The van der Waals surface area contributed by atoms with Crippen LogP contribution in [-0.2, 0) is 19.6 Å². The van der Waals surface area contributed by atoms with Crippen LogP contribution in [0.25, 0.3) is 0 Å². The summed E-state index contributed by atoms with van der Waals surface area (Å²) in [6, 6.07) is 0.0267. The SMILES string of the molecule is COC(=O)C1CCCC1S(=O)(=O)NC1CCCC(C)CC1. The van der Waals surface area contributed by atoms with Crippen LogP contribution in [0.2, 0.25) is 0 Å². The number of hydrogen-bond donors (Lipinski definition) is 1. The molecule has 0 radical (unpaired) electrons. The van der Waals surface area contributed by atoms with Crippen LogP contribution in [0.15, 0.2) is 0 Å². The molecule has 2 aliphatic carbocycles. The van der Waals surface area contributed by atoms with Crippen LogP contribution in [0.5, 0.6) is 0 Å². The van der Waals surface area contributed by atoms with Crippen molar-refractivity contribution in [1.82, 2.24) is 4.72 Å². The highest BCUT2D eigenvalue weighted by molar-refractivity contribution is 7.90. The second-order valence-corrected chi connectivity index (χ2v) is 8.50. The van der Waals surface area contributed by atoms with Gasteiger partial charge in [0.25, 0.3) is 0 Å². The molecule has 4 atom stereocenters. The summed E-state index contributed by atoms with van der Waals surface area (Å²) in [6.45, 7) is 2.22. The topological polar surface area (TPSA) is 72.5 Å². The third-order valence-corrected chi connectivity index (χ3v) is 6.97. The number of methoxy groups -OCH3 is 1. The van der Waals surface area contributed by atoms with Crippen molar-refractivity contribution in [2.45, 2.75) is 69.6 Å². The van der Waals surface area contributed by atoms with Crippen molar-refractivity contribution in [2.24, 2.45) is 11.8 Å². The molecule has 122 valence electrons. The summed E-state index contributed by atoms with van der Waals surface area (Å²) in [4.78, 5) is 11.7. The molecule has 6 heteroatoms. The smallest absolute Gasteiger partial charge is 0.310 e. The van der Waals surface area contributed by atoms with Crippen LogP contribution in [0, 0.1) is 11.8 Å². The van der Waals surface area contributed by atoms with E-state index in [-0.39, 0.29) is 6.04 Å². The van der Waals surface area contributed by atoms with E-state index in [4.69, 9.17) is 4.74 Å². The van der Waals surface area contributed by atoms with E-state index < -0.39 is 27.2 Å². The van der Waals surface area contributed by atoms with Crippen molar-refractivity contribution < 1.29 is 17.9 Å². The van der Waals surface area contributed by atoms with Gasteiger partial charge >= 0.3 is 5.97 Å². The lowest BCUT2D eigenvalue weighted by Gasteiger charge is -2.23. The van der Waals surface area contributed by atoms with E-state index in [1.807, 2.05) is 0 Å². The van der Waals surface area contributed by atoms with Crippen LogP contribution in [-0.4, -0.2) is 32.8 Å². The molecule has 1 N–H and O–H groups in total. The van der Waals surface area contributed by atoms with Crippen molar-refractivity contribution in [1.29, 1.82) is 0 Å². The lowest BCUT2D eigenvalue weighted by Crippen LogP contribution is -2.44. The van der Waals surface area contributed by atoms with E-state index in [1.54, 1.807) is 0 Å². The van der Waals surface area contributed by atoms with Gasteiger partial charge in [-0.3, -0.25) is 4.79 Å². The van der Waals surface area contributed by atoms with E-state index in [1.165, 1.54) is 13.5 Å². The first kappa shape index (κ1) is 16.7. The highest BCUT2D eigenvalue weighted by Gasteiger charge is 2.42.